The van der Waals surface area contributed by atoms with E-state index in [1.54, 1.807) is 12.1 Å². The van der Waals surface area contributed by atoms with Gasteiger partial charge in [0, 0.05) is 11.3 Å². The van der Waals surface area contributed by atoms with Gasteiger partial charge in [-0.3, -0.25) is 4.79 Å². The molecule has 23 heavy (non-hydrogen) atoms. The van der Waals surface area contributed by atoms with Crippen LogP contribution >= 0.6 is 11.6 Å². The van der Waals surface area contributed by atoms with Gasteiger partial charge in [0.2, 0.25) is 10.0 Å². The van der Waals surface area contributed by atoms with Crippen molar-refractivity contribution in [1.29, 1.82) is 0 Å². The van der Waals surface area contributed by atoms with E-state index in [4.69, 9.17) is 21.5 Å². The molecule has 0 heterocycles. The fourth-order valence-corrected chi connectivity index (χ4v) is 2.60. The maximum absolute atomic E-state index is 12.2. The third-order valence-corrected chi connectivity index (χ3v) is 4.16. The van der Waals surface area contributed by atoms with Crippen LogP contribution in [0.3, 0.4) is 0 Å². The van der Waals surface area contributed by atoms with Crippen molar-refractivity contribution >= 4 is 33.2 Å². The maximum atomic E-state index is 12.2. The smallest absolute Gasteiger partial charge is 0.255 e. The van der Waals surface area contributed by atoms with Crippen LogP contribution in [0, 0.1) is 0 Å². The summed E-state index contributed by atoms with van der Waals surface area (Å²) < 4.78 is 27.7. The Bertz CT molecular complexity index is 820. The highest BCUT2D eigenvalue weighted by molar-refractivity contribution is 7.89. The number of hydrogen-bond acceptors (Lipinski definition) is 4. The highest BCUT2D eigenvalue weighted by Gasteiger charge is 2.11. The van der Waals surface area contributed by atoms with Gasteiger partial charge in [-0.15, -0.1) is 0 Å². The summed E-state index contributed by atoms with van der Waals surface area (Å²) in [6, 6.07) is 10.2. The van der Waals surface area contributed by atoms with Crippen molar-refractivity contribution in [3.8, 4) is 5.75 Å². The van der Waals surface area contributed by atoms with E-state index in [2.05, 4.69) is 5.32 Å². The van der Waals surface area contributed by atoms with Crippen molar-refractivity contribution in [3.05, 3.63) is 53.1 Å². The van der Waals surface area contributed by atoms with Gasteiger partial charge < -0.3 is 10.1 Å². The largest absolute Gasteiger partial charge is 0.492 e. The first-order valence-corrected chi connectivity index (χ1v) is 8.60. The van der Waals surface area contributed by atoms with E-state index < -0.39 is 10.0 Å². The summed E-state index contributed by atoms with van der Waals surface area (Å²) in [5, 5.41) is 7.99. The monoisotopic (exact) mass is 354 g/mol. The minimum atomic E-state index is -3.76. The molecule has 0 radical (unpaired) electrons. The molecule has 122 valence electrons. The van der Waals surface area contributed by atoms with Gasteiger partial charge >= 0.3 is 0 Å². The average molecular weight is 355 g/mol. The van der Waals surface area contributed by atoms with Gasteiger partial charge in [-0.1, -0.05) is 11.6 Å². The summed E-state index contributed by atoms with van der Waals surface area (Å²) in [6.45, 7) is 2.31. The third-order valence-electron chi connectivity index (χ3n) is 2.93. The summed E-state index contributed by atoms with van der Waals surface area (Å²) in [7, 11) is -3.76. The molecule has 0 aliphatic rings. The Morgan fingerprint density at radius 1 is 1.22 bits per heavy atom. The van der Waals surface area contributed by atoms with Gasteiger partial charge in [0.15, 0.2) is 0 Å². The molecule has 0 aliphatic heterocycles. The van der Waals surface area contributed by atoms with Crippen LogP contribution in [-0.2, 0) is 10.0 Å². The summed E-state index contributed by atoms with van der Waals surface area (Å²) in [5.41, 5.74) is 0.793. The van der Waals surface area contributed by atoms with E-state index in [1.807, 2.05) is 6.92 Å². The van der Waals surface area contributed by atoms with Gasteiger partial charge in [0.05, 0.1) is 16.5 Å². The molecule has 3 N–H and O–H groups in total. The van der Waals surface area contributed by atoms with E-state index in [0.717, 1.165) is 0 Å². The van der Waals surface area contributed by atoms with E-state index in [1.165, 1.54) is 30.3 Å². The lowest BCUT2D eigenvalue weighted by Crippen LogP contribution is -2.14. The average Bonchev–Trinajstić information content (AvgIpc) is 2.49. The first kappa shape index (κ1) is 17.3. The second kappa shape index (κ2) is 6.99. The highest BCUT2D eigenvalue weighted by Crippen LogP contribution is 2.26. The van der Waals surface area contributed by atoms with Crippen molar-refractivity contribution in [3.63, 3.8) is 0 Å². The van der Waals surface area contributed by atoms with Crippen molar-refractivity contribution in [1.82, 2.24) is 0 Å². The normalized spacial score (nSPS) is 11.1. The van der Waals surface area contributed by atoms with Crippen molar-refractivity contribution in [2.75, 3.05) is 11.9 Å². The van der Waals surface area contributed by atoms with Gasteiger partial charge in [-0.25, -0.2) is 13.6 Å². The highest BCUT2D eigenvalue weighted by atomic mass is 35.5. The number of halogens is 1. The second-order valence-corrected chi connectivity index (χ2v) is 6.57. The number of carbonyl (C=O) groups is 1. The molecule has 0 fully saturated rings. The fraction of sp³-hybridized carbons (Fsp3) is 0.133. The van der Waals surface area contributed by atoms with E-state index in [9.17, 15) is 13.2 Å². The number of amides is 1. The summed E-state index contributed by atoms with van der Waals surface area (Å²) in [5.74, 6) is 0.126. The fourth-order valence-electron chi connectivity index (χ4n) is 1.85. The molecule has 2 aromatic rings. The lowest BCUT2D eigenvalue weighted by Gasteiger charge is -2.09. The Morgan fingerprint density at radius 2 is 1.87 bits per heavy atom. The Labute approximate surface area is 139 Å². The van der Waals surface area contributed by atoms with Crippen LogP contribution in [-0.4, -0.2) is 20.9 Å². The zero-order valence-corrected chi connectivity index (χ0v) is 13.8. The molecule has 6 nitrogen and oxygen atoms in total. The van der Waals surface area contributed by atoms with Crippen molar-refractivity contribution < 1.29 is 17.9 Å². The maximum Gasteiger partial charge on any atom is 0.255 e. The minimum Gasteiger partial charge on any atom is -0.492 e. The van der Waals surface area contributed by atoms with Crippen LogP contribution < -0.4 is 15.2 Å². The SMILES string of the molecule is CCOc1ccc(C(=O)Nc2ccc(S(N)(=O)=O)cc2)cc1Cl. The number of sulfonamides is 1. The topological polar surface area (TPSA) is 98.5 Å². The zero-order valence-electron chi connectivity index (χ0n) is 12.2. The number of primary sulfonamides is 1. The lowest BCUT2D eigenvalue weighted by molar-refractivity contribution is 0.102. The Morgan fingerprint density at radius 3 is 2.39 bits per heavy atom. The number of ether oxygens (including phenoxy) is 1. The van der Waals surface area contributed by atoms with Crippen LogP contribution in [0.2, 0.25) is 5.02 Å². The molecule has 2 rings (SSSR count). The predicted octanol–water partition coefficient (Wildman–Crippen LogP) is 2.64. The molecule has 1 amide bonds. The molecular weight excluding hydrogens is 340 g/mol. The molecule has 0 saturated heterocycles. The van der Waals surface area contributed by atoms with Gasteiger partial charge in [0.25, 0.3) is 5.91 Å². The number of nitrogens with one attached hydrogen (secondary N) is 1. The quantitative estimate of drug-likeness (QED) is 0.862. The molecule has 8 heteroatoms. The molecule has 0 aromatic heterocycles. The predicted molar refractivity (Wildman–Crippen MR) is 88.4 cm³/mol. The number of carbonyl (C=O) groups excluding carboxylic acids is 1. The number of nitrogens with two attached hydrogens (primary N) is 1. The number of anilines is 1. The van der Waals surface area contributed by atoms with Crippen LogP contribution in [0.4, 0.5) is 5.69 Å². The Hall–Kier alpha value is -2.09. The molecular formula is C15H15ClN2O4S. The molecule has 0 bridgehead atoms. The van der Waals surface area contributed by atoms with E-state index >= 15 is 0 Å². The number of benzene rings is 2. The molecule has 0 unspecified atom stereocenters. The van der Waals surface area contributed by atoms with Crippen molar-refractivity contribution in [2.45, 2.75) is 11.8 Å². The Kier molecular flexibility index (Phi) is 5.25. The summed E-state index contributed by atoms with van der Waals surface area (Å²) in [4.78, 5) is 12.1. The summed E-state index contributed by atoms with van der Waals surface area (Å²) in [6.07, 6.45) is 0. The number of rotatable bonds is 5. The van der Waals surface area contributed by atoms with Gasteiger partial charge in [-0.05, 0) is 49.4 Å². The van der Waals surface area contributed by atoms with Crippen LogP contribution in [0.15, 0.2) is 47.4 Å². The third kappa shape index (κ3) is 4.44. The van der Waals surface area contributed by atoms with Crippen LogP contribution in [0.25, 0.3) is 0 Å². The lowest BCUT2D eigenvalue weighted by atomic mass is 10.2. The van der Waals surface area contributed by atoms with Crippen LogP contribution in [0.1, 0.15) is 17.3 Å². The van der Waals surface area contributed by atoms with Gasteiger partial charge in [0.1, 0.15) is 5.75 Å². The first-order chi connectivity index (χ1) is 10.8. The first-order valence-electron chi connectivity index (χ1n) is 6.68. The molecule has 0 atom stereocenters. The van der Waals surface area contributed by atoms with Crippen LogP contribution in [0.5, 0.6) is 5.75 Å². The molecule has 0 spiro atoms. The van der Waals surface area contributed by atoms with Crippen molar-refractivity contribution in [2.24, 2.45) is 5.14 Å². The molecule has 0 aliphatic carbocycles. The standard InChI is InChI=1S/C15H15ClN2O4S/c1-2-22-14-8-3-10(9-13(14)16)15(19)18-11-4-6-12(7-5-11)23(17,20)21/h3-9H,2H2,1H3,(H,18,19)(H2,17,20,21). The van der Waals surface area contributed by atoms with E-state index in [0.29, 0.717) is 28.6 Å². The zero-order chi connectivity index (χ0) is 17.0. The minimum absolute atomic E-state index is 0.0281. The van der Waals surface area contributed by atoms with E-state index in [-0.39, 0.29) is 10.8 Å². The second-order valence-electron chi connectivity index (χ2n) is 4.60. The number of hydrogen-bond donors (Lipinski definition) is 2. The summed E-state index contributed by atoms with van der Waals surface area (Å²) >= 11 is 6.04. The molecule has 2 aromatic carbocycles. The Balaban J connectivity index is 2.14. The van der Waals surface area contributed by atoms with Gasteiger partial charge in [-0.2, -0.15) is 0 Å². The molecule has 0 saturated carbocycles.